The lowest BCUT2D eigenvalue weighted by atomic mass is 9.91. The van der Waals surface area contributed by atoms with E-state index in [4.69, 9.17) is 17.2 Å². The minimum atomic E-state index is -0.525. The largest absolute Gasteiger partial charge is 0.382 e. The molecule has 1 aliphatic carbocycles. The van der Waals surface area contributed by atoms with Crippen molar-refractivity contribution < 1.29 is 14.4 Å². The Labute approximate surface area is 216 Å². The molecule has 3 atom stereocenters. The fourth-order valence-electron chi connectivity index (χ4n) is 6.13. The van der Waals surface area contributed by atoms with Crippen molar-refractivity contribution in [3.63, 3.8) is 0 Å². The van der Waals surface area contributed by atoms with Gasteiger partial charge in [0.25, 0.3) is 11.8 Å². The van der Waals surface area contributed by atoms with Crippen LogP contribution in [0.4, 0.5) is 11.5 Å². The number of hydrogen-bond acceptors (Lipinski definition) is 7. The maximum absolute atomic E-state index is 13.2. The maximum Gasteiger partial charge on any atom is 0.251 e. The van der Waals surface area contributed by atoms with Crippen LogP contribution < -0.4 is 32.7 Å². The molecule has 2 aliphatic heterocycles. The Morgan fingerprint density at radius 1 is 0.838 bits per heavy atom. The molecule has 1 aromatic carbocycles. The molecule has 1 aromatic heterocycles. The molecule has 196 valence electrons. The van der Waals surface area contributed by atoms with Crippen LogP contribution in [0.25, 0.3) is 0 Å². The summed E-state index contributed by atoms with van der Waals surface area (Å²) >= 11 is 0. The highest BCUT2D eigenvalue weighted by Crippen LogP contribution is 2.38. The number of piperidine rings is 1. The second-order valence-corrected chi connectivity index (χ2v) is 10.6. The number of carbonyl (C=O) groups excluding carboxylic acids is 3. The Kier molecular flexibility index (Phi) is 7.01. The summed E-state index contributed by atoms with van der Waals surface area (Å²) in [5.74, 6) is -0.341. The summed E-state index contributed by atoms with van der Waals surface area (Å²) in [6, 6.07) is 9.56. The fraction of sp³-hybridized carbons (Fsp3) is 0.481. The second kappa shape index (κ2) is 10.4. The number of nitrogens with one attached hydrogen (secondary N) is 2. The molecule has 0 spiro atoms. The summed E-state index contributed by atoms with van der Waals surface area (Å²) in [4.78, 5) is 43.4. The van der Waals surface area contributed by atoms with Crippen molar-refractivity contribution >= 4 is 29.2 Å². The van der Waals surface area contributed by atoms with Crippen molar-refractivity contribution in [1.29, 1.82) is 0 Å². The zero-order valence-corrected chi connectivity index (χ0v) is 20.9. The van der Waals surface area contributed by atoms with E-state index in [1.54, 1.807) is 24.3 Å². The normalized spacial score (nSPS) is 26.9. The van der Waals surface area contributed by atoms with Crippen LogP contribution in [-0.2, 0) is 0 Å². The standard InChI is InChI=1S/C27H35N7O3/c28-17-3-5-18(6-4-17)32-23-11-15(1-9-22(23)26(30)36)27(37)33-19-12-20-7-8-21(13-19)34(20)24-10-2-16(14-31-24)25(29)35/h1-2,9-11,14,17-21,32H,3-8,12-13,28H2,(H2,29,35)(H2,30,36)(H,33,37)/t17-,18-,19-,20+,21-. The molecule has 0 unspecified atom stereocenters. The Morgan fingerprint density at radius 3 is 2.11 bits per heavy atom. The molecule has 2 saturated heterocycles. The number of primary amides is 2. The summed E-state index contributed by atoms with van der Waals surface area (Å²) in [6.45, 7) is 0. The van der Waals surface area contributed by atoms with Crippen molar-refractivity contribution in [3.05, 3.63) is 53.2 Å². The van der Waals surface area contributed by atoms with Gasteiger partial charge in [0.05, 0.1) is 11.1 Å². The lowest BCUT2D eigenvalue weighted by Crippen LogP contribution is -2.50. The molecule has 2 bridgehead atoms. The van der Waals surface area contributed by atoms with Crippen molar-refractivity contribution in [2.75, 3.05) is 10.2 Å². The number of aromatic nitrogens is 1. The SMILES string of the molecule is NC(=O)c1ccc(N2[C@@H]3CC[C@H]2C[C@@H](NC(=O)c2ccc(C(N)=O)c(N[C@H]4CC[C@H](N)CC4)c2)C3)nc1. The second-order valence-electron chi connectivity index (χ2n) is 10.6. The van der Waals surface area contributed by atoms with Crippen molar-refractivity contribution in [3.8, 4) is 0 Å². The fourth-order valence-corrected chi connectivity index (χ4v) is 6.13. The number of amides is 3. The lowest BCUT2D eigenvalue weighted by Gasteiger charge is -2.40. The van der Waals surface area contributed by atoms with Gasteiger partial charge in [-0.3, -0.25) is 14.4 Å². The average Bonchev–Trinajstić information content (AvgIpc) is 3.15. The summed E-state index contributed by atoms with van der Waals surface area (Å²) in [6.07, 6.45) is 8.89. The van der Waals surface area contributed by atoms with E-state index in [2.05, 4.69) is 20.5 Å². The van der Waals surface area contributed by atoms with Crippen LogP contribution >= 0.6 is 0 Å². The van der Waals surface area contributed by atoms with E-state index in [-0.39, 0.29) is 36.1 Å². The zero-order valence-electron chi connectivity index (χ0n) is 20.9. The lowest BCUT2D eigenvalue weighted by molar-refractivity contribution is 0.0924. The molecule has 10 nitrogen and oxygen atoms in total. The number of rotatable bonds is 7. The van der Waals surface area contributed by atoms with Gasteiger partial charge in [0.2, 0.25) is 5.91 Å². The van der Waals surface area contributed by atoms with Gasteiger partial charge in [-0.15, -0.1) is 0 Å². The average molecular weight is 506 g/mol. The highest BCUT2D eigenvalue weighted by Gasteiger charge is 2.41. The third-order valence-corrected chi connectivity index (χ3v) is 8.04. The van der Waals surface area contributed by atoms with Gasteiger partial charge >= 0.3 is 0 Å². The molecule has 3 fully saturated rings. The van der Waals surface area contributed by atoms with Crippen LogP contribution in [0, 0.1) is 0 Å². The minimum Gasteiger partial charge on any atom is -0.382 e. The first-order valence-electron chi connectivity index (χ1n) is 13.1. The maximum atomic E-state index is 13.2. The molecule has 2 aromatic rings. The quantitative estimate of drug-likeness (QED) is 0.382. The van der Waals surface area contributed by atoms with E-state index in [0.717, 1.165) is 57.2 Å². The molecule has 3 heterocycles. The molecule has 10 heteroatoms. The highest BCUT2D eigenvalue weighted by atomic mass is 16.2. The number of carbonyl (C=O) groups is 3. The first kappa shape index (κ1) is 25.0. The van der Waals surface area contributed by atoms with Gasteiger partial charge in [0, 0.05) is 47.7 Å². The van der Waals surface area contributed by atoms with Gasteiger partial charge in [0.15, 0.2) is 0 Å². The van der Waals surface area contributed by atoms with Gasteiger partial charge in [-0.1, -0.05) is 0 Å². The van der Waals surface area contributed by atoms with Crippen LogP contribution in [0.3, 0.4) is 0 Å². The molecule has 3 amide bonds. The number of fused-ring (bicyclic) bond motifs is 2. The summed E-state index contributed by atoms with van der Waals surface area (Å²) < 4.78 is 0. The number of hydrogen-bond donors (Lipinski definition) is 5. The molecular weight excluding hydrogens is 470 g/mol. The van der Waals surface area contributed by atoms with E-state index in [9.17, 15) is 14.4 Å². The Bertz CT molecular complexity index is 1160. The number of benzene rings is 1. The van der Waals surface area contributed by atoms with Crippen LogP contribution in [0.5, 0.6) is 0 Å². The third kappa shape index (κ3) is 5.39. The highest BCUT2D eigenvalue weighted by molar-refractivity contribution is 6.02. The molecule has 1 saturated carbocycles. The first-order valence-corrected chi connectivity index (χ1v) is 13.1. The zero-order chi connectivity index (χ0) is 26.1. The van der Waals surface area contributed by atoms with Gasteiger partial charge in [-0.2, -0.15) is 0 Å². The molecule has 3 aliphatic rings. The monoisotopic (exact) mass is 505 g/mol. The third-order valence-electron chi connectivity index (χ3n) is 8.04. The van der Waals surface area contributed by atoms with Crippen LogP contribution in [0.15, 0.2) is 36.5 Å². The summed E-state index contributed by atoms with van der Waals surface area (Å²) in [7, 11) is 0. The van der Waals surface area contributed by atoms with Gasteiger partial charge < -0.3 is 32.7 Å². The van der Waals surface area contributed by atoms with E-state index in [1.807, 2.05) is 6.07 Å². The predicted octanol–water partition coefficient (Wildman–Crippen LogP) is 1.89. The number of pyridine rings is 1. The summed E-state index contributed by atoms with van der Waals surface area (Å²) in [5, 5.41) is 6.64. The van der Waals surface area contributed by atoms with E-state index >= 15 is 0 Å². The van der Waals surface area contributed by atoms with E-state index in [1.165, 1.54) is 6.20 Å². The van der Waals surface area contributed by atoms with Crippen LogP contribution in [0.1, 0.15) is 82.4 Å². The van der Waals surface area contributed by atoms with Crippen molar-refractivity contribution in [2.45, 2.75) is 81.6 Å². The smallest absolute Gasteiger partial charge is 0.251 e. The molecular formula is C27H35N7O3. The molecule has 0 radical (unpaired) electrons. The van der Waals surface area contributed by atoms with Gasteiger partial charge in [-0.05, 0) is 81.7 Å². The van der Waals surface area contributed by atoms with E-state index in [0.29, 0.717) is 22.4 Å². The Morgan fingerprint density at radius 2 is 1.51 bits per heavy atom. The topological polar surface area (TPSA) is 169 Å². The predicted molar refractivity (Wildman–Crippen MR) is 141 cm³/mol. The Balaban J connectivity index is 1.25. The summed E-state index contributed by atoms with van der Waals surface area (Å²) in [5.41, 5.74) is 18.8. The number of nitrogens with zero attached hydrogens (tertiary/aromatic N) is 2. The molecule has 5 rings (SSSR count). The number of nitrogens with two attached hydrogens (primary N) is 3. The van der Waals surface area contributed by atoms with Gasteiger partial charge in [0.1, 0.15) is 5.82 Å². The van der Waals surface area contributed by atoms with Crippen molar-refractivity contribution in [1.82, 2.24) is 10.3 Å². The Hall–Kier alpha value is -3.66. The van der Waals surface area contributed by atoms with Crippen LogP contribution in [-0.4, -0.2) is 52.9 Å². The molecule has 8 N–H and O–H groups in total. The van der Waals surface area contributed by atoms with Crippen LogP contribution in [0.2, 0.25) is 0 Å². The van der Waals surface area contributed by atoms with Gasteiger partial charge in [-0.25, -0.2) is 4.98 Å². The van der Waals surface area contributed by atoms with E-state index < -0.39 is 11.8 Å². The minimum absolute atomic E-state index is 0.0400. The van der Waals surface area contributed by atoms with Crippen molar-refractivity contribution in [2.24, 2.45) is 17.2 Å². The number of anilines is 2. The molecule has 37 heavy (non-hydrogen) atoms. The first-order chi connectivity index (χ1) is 17.8.